The number of carbonyl (C=O) groups is 1. The minimum atomic E-state index is -0.271. The van der Waals surface area contributed by atoms with Gasteiger partial charge < -0.3 is 5.73 Å². The molecule has 17 heavy (non-hydrogen) atoms. The number of anilines is 1. The Morgan fingerprint density at radius 3 is 2.82 bits per heavy atom. The van der Waals surface area contributed by atoms with Crippen molar-refractivity contribution in [1.29, 1.82) is 0 Å². The maximum Gasteiger partial charge on any atom is 0.247 e. The van der Waals surface area contributed by atoms with E-state index in [1.807, 2.05) is 6.92 Å². The van der Waals surface area contributed by atoms with Crippen LogP contribution in [-0.4, -0.2) is 11.2 Å². The fourth-order valence-corrected chi connectivity index (χ4v) is 2.90. The van der Waals surface area contributed by atoms with Crippen LogP contribution in [0.4, 0.5) is 5.69 Å². The second-order valence-electron chi connectivity index (χ2n) is 3.56. The summed E-state index contributed by atoms with van der Waals surface area (Å²) in [5.41, 5.74) is 8.58. The van der Waals surface area contributed by atoms with Gasteiger partial charge in [-0.25, -0.2) is 5.84 Å². The number of hydrogen-bond donors (Lipinski definition) is 3. The van der Waals surface area contributed by atoms with Gasteiger partial charge in [0.05, 0.1) is 10.3 Å². The number of nitrogen functional groups attached to an aromatic ring is 1. The smallest absolute Gasteiger partial charge is 0.247 e. The lowest BCUT2D eigenvalue weighted by atomic mass is 10.2. The average Bonchev–Trinajstić information content (AvgIpc) is 2.31. The number of hydrogen-bond acceptors (Lipinski definition) is 4. The van der Waals surface area contributed by atoms with Crippen molar-refractivity contribution in [2.75, 3.05) is 5.73 Å². The second kappa shape index (κ2) is 6.74. The van der Waals surface area contributed by atoms with E-state index >= 15 is 0 Å². The number of rotatable bonds is 5. The summed E-state index contributed by atoms with van der Waals surface area (Å²) >= 11 is 7.41. The molecule has 0 spiro atoms. The van der Waals surface area contributed by atoms with Gasteiger partial charge >= 0.3 is 0 Å². The van der Waals surface area contributed by atoms with Crippen molar-refractivity contribution in [3.05, 3.63) is 23.2 Å². The Bertz CT molecular complexity index is 380. The Hall–Kier alpha value is -0.910. The summed E-state index contributed by atoms with van der Waals surface area (Å²) < 4.78 is 0. The molecule has 0 bridgehead atoms. The standard InChI is InChI=1S/C11H16ClN3OS/c1-2-4-9(11(16)15-14)17-10-7(12)5-3-6-8(10)13/h3,5-6,9H,2,4,13-14H2,1H3,(H,15,16). The number of amides is 1. The molecule has 0 heterocycles. The molecule has 0 saturated heterocycles. The van der Waals surface area contributed by atoms with E-state index in [1.54, 1.807) is 18.2 Å². The fourth-order valence-electron chi connectivity index (χ4n) is 1.39. The van der Waals surface area contributed by atoms with Crippen molar-refractivity contribution in [3.8, 4) is 0 Å². The predicted molar refractivity (Wildman–Crippen MR) is 72.7 cm³/mol. The highest BCUT2D eigenvalue weighted by atomic mass is 35.5. The van der Waals surface area contributed by atoms with Crippen LogP contribution in [0.3, 0.4) is 0 Å². The fraction of sp³-hybridized carbons (Fsp3) is 0.364. The first kappa shape index (κ1) is 14.2. The third-order valence-electron chi connectivity index (χ3n) is 2.24. The average molecular weight is 274 g/mol. The molecule has 0 saturated carbocycles. The summed E-state index contributed by atoms with van der Waals surface area (Å²) in [4.78, 5) is 12.3. The summed E-state index contributed by atoms with van der Waals surface area (Å²) in [6, 6.07) is 5.29. The number of hydrazine groups is 1. The van der Waals surface area contributed by atoms with E-state index < -0.39 is 0 Å². The van der Waals surface area contributed by atoms with Gasteiger partial charge in [0, 0.05) is 10.6 Å². The van der Waals surface area contributed by atoms with Crippen molar-refractivity contribution in [2.45, 2.75) is 29.9 Å². The van der Waals surface area contributed by atoms with E-state index in [1.165, 1.54) is 11.8 Å². The molecule has 6 heteroatoms. The van der Waals surface area contributed by atoms with Crippen LogP contribution in [0.1, 0.15) is 19.8 Å². The molecule has 94 valence electrons. The van der Waals surface area contributed by atoms with Crippen LogP contribution in [0.2, 0.25) is 5.02 Å². The third-order valence-corrected chi connectivity index (χ3v) is 4.10. The van der Waals surface area contributed by atoms with Gasteiger partial charge in [-0.15, -0.1) is 11.8 Å². The maximum absolute atomic E-state index is 11.6. The summed E-state index contributed by atoms with van der Waals surface area (Å²) in [5.74, 6) is 4.94. The predicted octanol–water partition coefficient (Wildman–Crippen LogP) is 2.17. The highest BCUT2D eigenvalue weighted by Gasteiger charge is 2.20. The van der Waals surface area contributed by atoms with Crippen molar-refractivity contribution in [1.82, 2.24) is 5.43 Å². The molecule has 1 aromatic rings. The molecule has 1 amide bonds. The van der Waals surface area contributed by atoms with Gasteiger partial charge in [0.2, 0.25) is 5.91 Å². The summed E-state index contributed by atoms with van der Waals surface area (Å²) in [6.45, 7) is 2.01. The molecular weight excluding hydrogens is 258 g/mol. The largest absolute Gasteiger partial charge is 0.398 e. The van der Waals surface area contributed by atoms with Gasteiger partial charge in [-0.2, -0.15) is 0 Å². The minimum absolute atomic E-state index is 0.212. The third kappa shape index (κ3) is 3.80. The van der Waals surface area contributed by atoms with Gasteiger partial charge in [0.25, 0.3) is 0 Å². The lowest BCUT2D eigenvalue weighted by Gasteiger charge is -2.16. The number of benzene rings is 1. The molecule has 5 N–H and O–H groups in total. The monoisotopic (exact) mass is 273 g/mol. The zero-order valence-electron chi connectivity index (χ0n) is 9.57. The van der Waals surface area contributed by atoms with Crippen molar-refractivity contribution in [2.24, 2.45) is 5.84 Å². The number of nitrogens with two attached hydrogens (primary N) is 2. The highest BCUT2D eigenvalue weighted by Crippen LogP contribution is 2.36. The van der Waals surface area contributed by atoms with Gasteiger partial charge in [-0.3, -0.25) is 10.2 Å². The van der Waals surface area contributed by atoms with Crippen LogP contribution in [0.25, 0.3) is 0 Å². The molecule has 0 fully saturated rings. The first-order chi connectivity index (χ1) is 8.10. The Balaban J connectivity index is 2.89. The van der Waals surface area contributed by atoms with Crippen LogP contribution in [0.5, 0.6) is 0 Å². The topological polar surface area (TPSA) is 81.1 Å². The Morgan fingerprint density at radius 1 is 1.59 bits per heavy atom. The Morgan fingerprint density at radius 2 is 2.29 bits per heavy atom. The summed E-state index contributed by atoms with van der Waals surface area (Å²) in [6.07, 6.45) is 1.60. The molecule has 0 aliphatic heterocycles. The van der Waals surface area contributed by atoms with E-state index in [9.17, 15) is 4.79 Å². The summed E-state index contributed by atoms with van der Waals surface area (Å²) in [5, 5.41) is 0.285. The van der Waals surface area contributed by atoms with Gasteiger partial charge in [-0.1, -0.05) is 31.0 Å². The molecule has 1 rings (SSSR count). The Kier molecular flexibility index (Phi) is 5.61. The zero-order valence-corrected chi connectivity index (χ0v) is 11.1. The molecular formula is C11H16ClN3OS. The molecule has 1 aromatic carbocycles. The molecule has 0 aromatic heterocycles. The quantitative estimate of drug-likeness (QED) is 0.252. The van der Waals surface area contributed by atoms with Gasteiger partial charge in [-0.05, 0) is 18.6 Å². The van der Waals surface area contributed by atoms with E-state index in [4.69, 9.17) is 23.2 Å². The molecule has 0 aliphatic carbocycles. The number of thioether (sulfide) groups is 1. The van der Waals surface area contributed by atoms with E-state index in [0.717, 1.165) is 17.7 Å². The molecule has 1 unspecified atom stereocenters. The van der Waals surface area contributed by atoms with Crippen LogP contribution in [0.15, 0.2) is 23.1 Å². The second-order valence-corrected chi connectivity index (χ2v) is 5.18. The molecule has 1 atom stereocenters. The van der Waals surface area contributed by atoms with Crippen LogP contribution >= 0.6 is 23.4 Å². The van der Waals surface area contributed by atoms with E-state index in [-0.39, 0.29) is 11.2 Å². The van der Waals surface area contributed by atoms with Crippen molar-refractivity contribution in [3.63, 3.8) is 0 Å². The lowest BCUT2D eigenvalue weighted by Crippen LogP contribution is -2.37. The number of nitrogens with one attached hydrogen (secondary N) is 1. The first-order valence-corrected chi connectivity index (χ1v) is 6.57. The van der Waals surface area contributed by atoms with Crippen LogP contribution in [-0.2, 0) is 4.79 Å². The molecule has 0 aliphatic rings. The minimum Gasteiger partial charge on any atom is -0.398 e. The SMILES string of the molecule is CCCC(Sc1c(N)cccc1Cl)C(=O)NN. The van der Waals surface area contributed by atoms with E-state index in [0.29, 0.717) is 10.7 Å². The maximum atomic E-state index is 11.6. The number of carbonyl (C=O) groups excluding carboxylic acids is 1. The van der Waals surface area contributed by atoms with Gasteiger partial charge in [0.15, 0.2) is 0 Å². The van der Waals surface area contributed by atoms with Crippen LogP contribution < -0.4 is 17.0 Å². The van der Waals surface area contributed by atoms with Crippen LogP contribution in [0, 0.1) is 0 Å². The number of halogens is 1. The van der Waals surface area contributed by atoms with Crippen molar-refractivity contribution >= 4 is 35.0 Å². The van der Waals surface area contributed by atoms with Gasteiger partial charge in [0.1, 0.15) is 0 Å². The Labute approximate surface area is 110 Å². The zero-order chi connectivity index (χ0) is 12.8. The first-order valence-electron chi connectivity index (χ1n) is 5.31. The summed E-state index contributed by atoms with van der Waals surface area (Å²) in [7, 11) is 0. The lowest BCUT2D eigenvalue weighted by molar-refractivity contribution is -0.120. The van der Waals surface area contributed by atoms with Crippen molar-refractivity contribution < 1.29 is 4.79 Å². The molecule has 4 nitrogen and oxygen atoms in total. The molecule has 0 radical (unpaired) electrons. The highest BCUT2D eigenvalue weighted by molar-refractivity contribution is 8.00. The van der Waals surface area contributed by atoms with E-state index in [2.05, 4.69) is 5.43 Å². The normalized spacial score (nSPS) is 12.2.